The van der Waals surface area contributed by atoms with Gasteiger partial charge in [0.25, 0.3) is 0 Å². The highest BCUT2D eigenvalue weighted by molar-refractivity contribution is 7.89. The summed E-state index contributed by atoms with van der Waals surface area (Å²) in [6, 6.07) is 8.19. The minimum atomic E-state index is -4.72. The fraction of sp³-hybridized carbons (Fsp3) is 0.421. The van der Waals surface area contributed by atoms with Crippen LogP contribution in [0.1, 0.15) is 18.4 Å². The average molecular weight is 411 g/mol. The first-order valence-corrected chi connectivity index (χ1v) is 10.5. The van der Waals surface area contributed by atoms with Crippen LogP contribution < -0.4 is 4.90 Å². The monoisotopic (exact) mass is 411 g/mol. The van der Waals surface area contributed by atoms with E-state index in [1.54, 1.807) is 12.4 Å². The van der Waals surface area contributed by atoms with Crippen LogP contribution in [-0.2, 0) is 16.2 Å². The lowest BCUT2D eigenvalue weighted by molar-refractivity contribution is -0.139. The molecule has 1 spiro atoms. The van der Waals surface area contributed by atoms with Crippen molar-refractivity contribution in [3.05, 3.63) is 54.4 Å². The van der Waals surface area contributed by atoms with Gasteiger partial charge < -0.3 is 4.90 Å². The van der Waals surface area contributed by atoms with E-state index in [1.807, 2.05) is 12.1 Å². The van der Waals surface area contributed by atoms with Gasteiger partial charge in [-0.3, -0.25) is 4.98 Å². The molecule has 9 heteroatoms. The number of hydrogen-bond donors (Lipinski definition) is 0. The largest absolute Gasteiger partial charge is 0.417 e. The van der Waals surface area contributed by atoms with Crippen molar-refractivity contribution in [2.45, 2.75) is 23.9 Å². The normalized spacial score (nSPS) is 23.6. The topological polar surface area (TPSA) is 53.5 Å². The summed E-state index contributed by atoms with van der Waals surface area (Å²) >= 11 is 0. The van der Waals surface area contributed by atoms with Crippen LogP contribution in [0.15, 0.2) is 53.7 Å². The number of rotatable bonds is 3. The molecule has 0 radical (unpaired) electrons. The summed E-state index contributed by atoms with van der Waals surface area (Å²) in [6.45, 7) is 1.91. The Balaban J connectivity index is 1.57. The second-order valence-electron chi connectivity index (χ2n) is 7.47. The highest BCUT2D eigenvalue weighted by Crippen LogP contribution is 2.43. The zero-order chi connectivity index (χ0) is 20.0. The molecule has 2 fully saturated rings. The second-order valence-corrected chi connectivity index (χ2v) is 9.37. The van der Waals surface area contributed by atoms with Gasteiger partial charge in [0.05, 0.1) is 22.3 Å². The Morgan fingerprint density at radius 1 is 1.00 bits per heavy atom. The zero-order valence-electron chi connectivity index (χ0n) is 15.1. The fourth-order valence-corrected chi connectivity index (χ4v) is 5.96. The standard InChI is InChI=1S/C19H20F3N3O2S/c20-19(21,22)16-5-1-2-6-17(16)28(26,27)25-11-8-18(14-25)7-10-24(13-18)15-4-3-9-23-12-15/h1-6,9,12H,7-8,10-11,13-14H2. The molecule has 2 aliphatic heterocycles. The fourth-order valence-electron chi connectivity index (χ4n) is 4.19. The van der Waals surface area contributed by atoms with Crippen molar-refractivity contribution in [2.24, 2.45) is 5.41 Å². The quantitative estimate of drug-likeness (QED) is 0.777. The van der Waals surface area contributed by atoms with Gasteiger partial charge in [0.15, 0.2) is 0 Å². The zero-order valence-corrected chi connectivity index (χ0v) is 15.9. The molecule has 1 aromatic carbocycles. The third-order valence-corrected chi connectivity index (χ3v) is 7.57. The molecular formula is C19H20F3N3O2S. The van der Waals surface area contributed by atoms with E-state index in [2.05, 4.69) is 9.88 Å². The summed E-state index contributed by atoms with van der Waals surface area (Å²) in [5, 5.41) is 0. The van der Waals surface area contributed by atoms with Crippen LogP contribution in [0.25, 0.3) is 0 Å². The van der Waals surface area contributed by atoms with Gasteiger partial charge >= 0.3 is 6.18 Å². The first-order valence-electron chi connectivity index (χ1n) is 9.03. The molecule has 5 nitrogen and oxygen atoms in total. The minimum absolute atomic E-state index is 0.232. The van der Waals surface area contributed by atoms with Crippen LogP contribution >= 0.6 is 0 Å². The van der Waals surface area contributed by atoms with Crippen molar-refractivity contribution < 1.29 is 21.6 Å². The lowest BCUT2D eigenvalue weighted by atomic mass is 9.86. The summed E-state index contributed by atoms with van der Waals surface area (Å²) < 4.78 is 67.1. The van der Waals surface area contributed by atoms with Crippen molar-refractivity contribution in [3.8, 4) is 0 Å². The molecule has 1 aromatic heterocycles. The molecule has 2 aromatic rings. The molecule has 0 N–H and O–H groups in total. The number of nitrogens with zero attached hydrogens (tertiary/aromatic N) is 3. The van der Waals surface area contributed by atoms with Crippen molar-refractivity contribution in [1.29, 1.82) is 0 Å². The van der Waals surface area contributed by atoms with E-state index in [4.69, 9.17) is 0 Å². The summed E-state index contributed by atoms with van der Waals surface area (Å²) in [7, 11) is -4.22. The predicted molar refractivity (Wildman–Crippen MR) is 98.3 cm³/mol. The Labute approximate surface area is 161 Å². The number of sulfonamides is 1. The molecule has 4 rings (SSSR count). The first-order chi connectivity index (χ1) is 13.2. The SMILES string of the molecule is O=S(=O)(c1ccccc1C(F)(F)F)N1CCC2(CCN(c3cccnc3)C2)C1. The highest BCUT2D eigenvalue weighted by Gasteiger charge is 2.48. The molecular weight excluding hydrogens is 391 g/mol. The number of aromatic nitrogens is 1. The minimum Gasteiger partial charge on any atom is -0.370 e. The van der Waals surface area contributed by atoms with Crippen molar-refractivity contribution in [3.63, 3.8) is 0 Å². The van der Waals surface area contributed by atoms with Crippen LogP contribution in [0, 0.1) is 5.41 Å². The van der Waals surface area contributed by atoms with Crippen LogP contribution in [-0.4, -0.2) is 43.9 Å². The van der Waals surface area contributed by atoms with E-state index < -0.39 is 26.7 Å². The first kappa shape index (κ1) is 19.2. The number of pyridine rings is 1. The van der Waals surface area contributed by atoms with Crippen LogP contribution in [0.4, 0.5) is 18.9 Å². The van der Waals surface area contributed by atoms with E-state index in [0.717, 1.165) is 30.8 Å². The second kappa shape index (κ2) is 6.73. The maximum atomic E-state index is 13.3. The molecule has 150 valence electrons. The van der Waals surface area contributed by atoms with Gasteiger partial charge in [-0.05, 0) is 37.1 Å². The Hall–Kier alpha value is -2.13. The molecule has 2 saturated heterocycles. The van der Waals surface area contributed by atoms with E-state index in [1.165, 1.54) is 16.4 Å². The Morgan fingerprint density at radius 2 is 1.75 bits per heavy atom. The van der Waals surface area contributed by atoms with E-state index >= 15 is 0 Å². The van der Waals surface area contributed by atoms with Crippen molar-refractivity contribution in [1.82, 2.24) is 9.29 Å². The van der Waals surface area contributed by atoms with Gasteiger partial charge in [-0.15, -0.1) is 0 Å². The highest BCUT2D eigenvalue weighted by atomic mass is 32.2. The lowest BCUT2D eigenvalue weighted by Gasteiger charge is -2.25. The third kappa shape index (κ3) is 3.37. The summed E-state index contributed by atoms with van der Waals surface area (Å²) in [5.74, 6) is 0. The summed E-state index contributed by atoms with van der Waals surface area (Å²) in [6.07, 6.45) is 0.178. The molecule has 0 saturated carbocycles. The lowest BCUT2D eigenvalue weighted by Crippen LogP contribution is -2.35. The smallest absolute Gasteiger partial charge is 0.370 e. The van der Waals surface area contributed by atoms with E-state index in [0.29, 0.717) is 13.0 Å². The summed E-state index contributed by atoms with van der Waals surface area (Å²) in [4.78, 5) is 5.61. The molecule has 1 unspecified atom stereocenters. The molecule has 3 heterocycles. The summed E-state index contributed by atoms with van der Waals surface area (Å²) in [5.41, 5.74) is -0.377. The Morgan fingerprint density at radius 3 is 2.46 bits per heavy atom. The maximum absolute atomic E-state index is 13.3. The molecule has 28 heavy (non-hydrogen) atoms. The van der Waals surface area contributed by atoms with Gasteiger partial charge in [0, 0.05) is 37.8 Å². The number of halogens is 3. The predicted octanol–water partition coefficient (Wildman–Crippen LogP) is 3.39. The molecule has 0 aliphatic carbocycles. The van der Waals surface area contributed by atoms with Gasteiger partial charge in [0.2, 0.25) is 10.0 Å². The van der Waals surface area contributed by atoms with Crippen molar-refractivity contribution >= 4 is 15.7 Å². The van der Waals surface area contributed by atoms with Gasteiger partial charge in [-0.1, -0.05) is 12.1 Å². The van der Waals surface area contributed by atoms with Crippen LogP contribution in [0.5, 0.6) is 0 Å². The average Bonchev–Trinajstić information content (AvgIpc) is 3.29. The maximum Gasteiger partial charge on any atom is 0.417 e. The number of alkyl halides is 3. The van der Waals surface area contributed by atoms with Gasteiger partial charge in [-0.2, -0.15) is 17.5 Å². The van der Waals surface area contributed by atoms with E-state index in [-0.39, 0.29) is 18.5 Å². The van der Waals surface area contributed by atoms with Crippen LogP contribution in [0.2, 0.25) is 0 Å². The van der Waals surface area contributed by atoms with E-state index in [9.17, 15) is 21.6 Å². The molecule has 0 bridgehead atoms. The Bertz CT molecular complexity index is 966. The molecule has 2 aliphatic rings. The molecule has 1 atom stereocenters. The number of hydrogen-bond acceptors (Lipinski definition) is 4. The number of anilines is 1. The van der Waals surface area contributed by atoms with Gasteiger partial charge in [-0.25, -0.2) is 8.42 Å². The number of benzene rings is 1. The van der Waals surface area contributed by atoms with Crippen molar-refractivity contribution in [2.75, 3.05) is 31.1 Å². The third-order valence-electron chi connectivity index (χ3n) is 5.66. The van der Waals surface area contributed by atoms with Crippen LogP contribution in [0.3, 0.4) is 0 Å². The molecule has 0 amide bonds. The Kier molecular flexibility index (Phi) is 4.62. The van der Waals surface area contributed by atoms with Gasteiger partial charge in [0.1, 0.15) is 0 Å².